The van der Waals surface area contributed by atoms with Crippen molar-refractivity contribution >= 4 is 38.4 Å². The summed E-state index contributed by atoms with van der Waals surface area (Å²) >= 11 is 1.62. The van der Waals surface area contributed by atoms with Crippen LogP contribution in [-0.4, -0.2) is 60.0 Å². The summed E-state index contributed by atoms with van der Waals surface area (Å²) in [6.07, 6.45) is 3.81. The lowest BCUT2D eigenvalue weighted by Crippen LogP contribution is -2.52. The first-order valence-electron chi connectivity index (χ1n) is 10.3. The van der Waals surface area contributed by atoms with Crippen molar-refractivity contribution in [1.82, 2.24) is 14.9 Å². The van der Waals surface area contributed by atoms with Crippen molar-refractivity contribution < 1.29 is 4.79 Å². The molecule has 2 aliphatic heterocycles. The van der Waals surface area contributed by atoms with Crippen LogP contribution in [0.2, 0.25) is 0 Å². The van der Waals surface area contributed by atoms with E-state index < -0.39 is 0 Å². The lowest BCUT2D eigenvalue weighted by atomic mass is 9.96. The van der Waals surface area contributed by atoms with Gasteiger partial charge in [-0.2, -0.15) is 0 Å². The van der Waals surface area contributed by atoms with Gasteiger partial charge in [0, 0.05) is 51.2 Å². The minimum Gasteiger partial charge on any atom is -0.368 e. The van der Waals surface area contributed by atoms with E-state index in [4.69, 9.17) is 4.98 Å². The molecule has 29 heavy (non-hydrogen) atoms. The first kappa shape index (κ1) is 18.4. The number of carbonyl (C=O) groups is 1. The molecule has 0 spiro atoms. The minimum absolute atomic E-state index is 0.0620. The number of fused-ring (bicyclic) bond motifs is 1. The van der Waals surface area contributed by atoms with Crippen LogP contribution in [0.5, 0.6) is 0 Å². The topological polar surface area (TPSA) is 52.6 Å². The molecule has 6 nitrogen and oxygen atoms in total. The Morgan fingerprint density at radius 1 is 0.966 bits per heavy atom. The van der Waals surface area contributed by atoms with Crippen molar-refractivity contribution in [2.75, 3.05) is 49.1 Å². The molecule has 2 aromatic heterocycles. The Bertz CT molecular complexity index is 950. The number of benzene rings is 1. The average Bonchev–Trinajstić information content (AvgIpc) is 3.24. The molecular weight excluding hydrogens is 382 g/mol. The van der Waals surface area contributed by atoms with Crippen LogP contribution in [0.1, 0.15) is 12.8 Å². The largest absolute Gasteiger partial charge is 0.368 e. The molecule has 150 valence electrons. The van der Waals surface area contributed by atoms with Gasteiger partial charge in [0.15, 0.2) is 5.13 Å². The van der Waals surface area contributed by atoms with Crippen LogP contribution in [-0.2, 0) is 4.79 Å². The molecule has 1 atom stereocenters. The van der Waals surface area contributed by atoms with Gasteiger partial charge in [0.2, 0.25) is 5.91 Å². The molecule has 2 fully saturated rings. The highest BCUT2D eigenvalue weighted by Gasteiger charge is 2.32. The van der Waals surface area contributed by atoms with Crippen LogP contribution in [0.15, 0.2) is 48.7 Å². The third kappa shape index (κ3) is 3.79. The van der Waals surface area contributed by atoms with Crippen molar-refractivity contribution in [2.24, 2.45) is 5.92 Å². The van der Waals surface area contributed by atoms with Crippen LogP contribution in [0.4, 0.5) is 10.8 Å². The second kappa shape index (κ2) is 7.99. The Balaban J connectivity index is 1.22. The van der Waals surface area contributed by atoms with E-state index in [0.717, 1.165) is 67.6 Å². The summed E-state index contributed by atoms with van der Waals surface area (Å²) in [7, 11) is 0. The van der Waals surface area contributed by atoms with Gasteiger partial charge in [0.25, 0.3) is 0 Å². The molecule has 0 N–H and O–H groups in total. The van der Waals surface area contributed by atoms with Gasteiger partial charge in [0.05, 0.1) is 5.92 Å². The number of anilines is 2. The van der Waals surface area contributed by atoms with E-state index in [-0.39, 0.29) is 5.92 Å². The summed E-state index contributed by atoms with van der Waals surface area (Å²) in [5.41, 5.74) is 2.19. The molecule has 7 heteroatoms. The number of hydrogen-bond acceptors (Lipinski definition) is 6. The summed E-state index contributed by atoms with van der Waals surface area (Å²) < 4.78 is 0. The van der Waals surface area contributed by atoms with E-state index in [1.807, 2.05) is 24.4 Å². The van der Waals surface area contributed by atoms with Crippen LogP contribution < -0.4 is 9.80 Å². The highest BCUT2D eigenvalue weighted by Crippen LogP contribution is 2.31. The molecule has 0 unspecified atom stereocenters. The van der Waals surface area contributed by atoms with E-state index in [2.05, 4.69) is 43.9 Å². The molecule has 2 aliphatic rings. The Kier molecular flexibility index (Phi) is 5.06. The Labute approximate surface area is 174 Å². The molecule has 0 saturated carbocycles. The third-order valence-electron chi connectivity index (χ3n) is 5.91. The predicted octanol–water partition coefficient (Wildman–Crippen LogP) is 3.26. The van der Waals surface area contributed by atoms with Crippen molar-refractivity contribution in [3.8, 4) is 0 Å². The molecule has 1 amide bonds. The molecule has 0 radical (unpaired) electrons. The number of nitrogens with zero attached hydrogens (tertiary/aromatic N) is 5. The summed E-state index contributed by atoms with van der Waals surface area (Å²) in [4.78, 5) is 30.0. The fourth-order valence-electron chi connectivity index (χ4n) is 4.33. The van der Waals surface area contributed by atoms with Crippen LogP contribution in [0.3, 0.4) is 0 Å². The van der Waals surface area contributed by atoms with E-state index in [9.17, 15) is 4.79 Å². The van der Waals surface area contributed by atoms with Gasteiger partial charge in [-0.15, -0.1) is 0 Å². The zero-order valence-corrected chi connectivity index (χ0v) is 17.2. The predicted molar refractivity (Wildman–Crippen MR) is 118 cm³/mol. The summed E-state index contributed by atoms with van der Waals surface area (Å²) in [5.74, 6) is 0.369. The minimum atomic E-state index is 0.0620. The summed E-state index contributed by atoms with van der Waals surface area (Å²) in [6.45, 7) is 5.12. The second-order valence-electron chi connectivity index (χ2n) is 7.76. The van der Waals surface area contributed by atoms with E-state index in [1.165, 1.54) is 5.69 Å². The molecule has 3 aromatic rings. The number of piperidine rings is 1. The third-order valence-corrected chi connectivity index (χ3v) is 6.95. The Hall–Kier alpha value is -2.67. The van der Waals surface area contributed by atoms with Gasteiger partial charge in [-0.1, -0.05) is 29.5 Å². The van der Waals surface area contributed by atoms with E-state index in [1.54, 1.807) is 11.3 Å². The zero-order chi connectivity index (χ0) is 19.6. The van der Waals surface area contributed by atoms with Crippen LogP contribution in [0.25, 0.3) is 10.3 Å². The van der Waals surface area contributed by atoms with Crippen molar-refractivity contribution in [2.45, 2.75) is 12.8 Å². The van der Waals surface area contributed by atoms with Crippen molar-refractivity contribution in [3.05, 3.63) is 48.7 Å². The van der Waals surface area contributed by atoms with Crippen LogP contribution >= 0.6 is 11.3 Å². The highest BCUT2D eigenvalue weighted by atomic mass is 32.1. The van der Waals surface area contributed by atoms with E-state index in [0.29, 0.717) is 5.91 Å². The van der Waals surface area contributed by atoms with Crippen molar-refractivity contribution in [3.63, 3.8) is 0 Å². The summed E-state index contributed by atoms with van der Waals surface area (Å²) in [5, 5.41) is 0.991. The maximum absolute atomic E-state index is 13.2. The number of para-hydroxylation sites is 1. The zero-order valence-electron chi connectivity index (χ0n) is 16.4. The SMILES string of the molecule is O=C([C@H]1CCCN(c2nc3cccnc3s2)C1)N1CCN(c2ccccc2)CC1. The second-order valence-corrected chi connectivity index (χ2v) is 8.71. The molecule has 0 bridgehead atoms. The van der Waals surface area contributed by atoms with Gasteiger partial charge in [-0.25, -0.2) is 9.97 Å². The molecular formula is C22H25N5OS. The van der Waals surface area contributed by atoms with Gasteiger partial charge >= 0.3 is 0 Å². The molecule has 4 heterocycles. The number of pyridine rings is 1. The molecule has 5 rings (SSSR count). The van der Waals surface area contributed by atoms with Crippen molar-refractivity contribution in [1.29, 1.82) is 0 Å². The quantitative estimate of drug-likeness (QED) is 0.667. The normalized spacial score (nSPS) is 20.3. The highest BCUT2D eigenvalue weighted by molar-refractivity contribution is 7.21. The lowest BCUT2D eigenvalue weighted by Gasteiger charge is -2.39. The number of hydrogen-bond donors (Lipinski definition) is 0. The van der Waals surface area contributed by atoms with Gasteiger partial charge in [0.1, 0.15) is 10.3 Å². The maximum atomic E-state index is 13.2. The number of thiazole rings is 1. The average molecular weight is 408 g/mol. The molecule has 0 aliphatic carbocycles. The Morgan fingerprint density at radius 3 is 2.59 bits per heavy atom. The monoisotopic (exact) mass is 407 g/mol. The summed E-state index contributed by atoms with van der Waals surface area (Å²) in [6, 6.07) is 14.4. The first-order chi connectivity index (χ1) is 14.3. The lowest BCUT2D eigenvalue weighted by molar-refractivity contribution is -0.136. The molecule has 1 aromatic carbocycles. The number of rotatable bonds is 3. The number of carbonyl (C=O) groups excluding carboxylic acids is 1. The van der Waals surface area contributed by atoms with Gasteiger partial charge in [-0.05, 0) is 37.1 Å². The first-order valence-corrected chi connectivity index (χ1v) is 11.1. The number of amides is 1. The maximum Gasteiger partial charge on any atom is 0.227 e. The Morgan fingerprint density at radius 2 is 1.79 bits per heavy atom. The standard InChI is InChI=1S/C22H25N5OS/c28-21(26-14-12-25(13-15-26)18-7-2-1-3-8-18)17-6-5-11-27(16-17)22-24-19-9-4-10-23-20(19)29-22/h1-4,7-10,17H,5-6,11-16H2/t17-/m0/s1. The van der Waals surface area contributed by atoms with Gasteiger partial charge < -0.3 is 14.7 Å². The smallest absolute Gasteiger partial charge is 0.227 e. The van der Waals surface area contributed by atoms with Crippen LogP contribution in [0, 0.1) is 5.92 Å². The van der Waals surface area contributed by atoms with Gasteiger partial charge in [-0.3, -0.25) is 4.79 Å². The van der Waals surface area contributed by atoms with E-state index >= 15 is 0 Å². The fraction of sp³-hybridized carbons (Fsp3) is 0.409. The molecule has 2 saturated heterocycles. The fourth-order valence-corrected chi connectivity index (χ4v) is 5.27. The number of aromatic nitrogens is 2. The number of piperazine rings is 1.